The summed E-state index contributed by atoms with van der Waals surface area (Å²) in [6.07, 6.45) is 7.41. The van der Waals surface area contributed by atoms with E-state index in [-0.39, 0.29) is 0 Å². The van der Waals surface area contributed by atoms with Crippen LogP contribution in [0, 0.1) is 0 Å². The van der Waals surface area contributed by atoms with Crippen molar-refractivity contribution in [1.82, 2.24) is 19.7 Å². The van der Waals surface area contributed by atoms with Crippen LogP contribution in [-0.2, 0) is 6.54 Å². The fraction of sp³-hybridized carbons (Fsp3) is 0.500. The Labute approximate surface area is 119 Å². The van der Waals surface area contributed by atoms with Gasteiger partial charge in [0.15, 0.2) is 11.6 Å². The minimum Gasteiger partial charge on any atom is -0.491 e. The van der Waals surface area contributed by atoms with E-state index in [4.69, 9.17) is 4.74 Å². The van der Waals surface area contributed by atoms with Crippen molar-refractivity contribution >= 4 is 5.82 Å². The van der Waals surface area contributed by atoms with Crippen LogP contribution in [0.3, 0.4) is 0 Å². The Balaban J connectivity index is 2.34. The van der Waals surface area contributed by atoms with Crippen LogP contribution in [-0.4, -0.2) is 33.4 Å². The number of anilines is 1. The second kappa shape index (κ2) is 6.88. The van der Waals surface area contributed by atoms with E-state index < -0.39 is 0 Å². The maximum Gasteiger partial charge on any atom is 0.187 e. The van der Waals surface area contributed by atoms with Gasteiger partial charge in [0.05, 0.1) is 13.3 Å². The van der Waals surface area contributed by atoms with Crippen molar-refractivity contribution < 1.29 is 4.74 Å². The summed E-state index contributed by atoms with van der Waals surface area (Å²) in [5, 5.41) is 7.58. The quantitative estimate of drug-likeness (QED) is 0.841. The number of rotatable bonds is 7. The van der Waals surface area contributed by atoms with Gasteiger partial charge >= 0.3 is 0 Å². The molecule has 108 valence electrons. The van der Waals surface area contributed by atoms with Crippen LogP contribution in [0.4, 0.5) is 5.82 Å². The van der Waals surface area contributed by atoms with Gasteiger partial charge in [-0.3, -0.25) is 4.68 Å². The van der Waals surface area contributed by atoms with Crippen LogP contribution in [0.1, 0.15) is 26.7 Å². The molecule has 0 amide bonds. The third-order valence-electron chi connectivity index (χ3n) is 2.91. The van der Waals surface area contributed by atoms with E-state index in [2.05, 4.69) is 34.2 Å². The van der Waals surface area contributed by atoms with Crippen molar-refractivity contribution in [3.05, 3.63) is 18.7 Å². The molecule has 0 aromatic carbocycles. The number of aromatic nitrogens is 4. The molecule has 2 rings (SSSR count). The zero-order valence-electron chi connectivity index (χ0n) is 12.3. The Bertz CT molecular complexity index is 552. The highest BCUT2D eigenvalue weighted by Crippen LogP contribution is 2.32. The van der Waals surface area contributed by atoms with Gasteiger partial charge in [0.2, 0.25) is 0 Å². The van der Waals surface area contributed by atoms with Crippen molar-refractivity contribution in [3.63, 3.8) is 0 Å². The minimum atomic E-state index is 0.664. The Morgan fingerprint density at radius 1 is 1.25 bits per heavy atom. The molecule has 0 aliphatic rings. The van der Waals surface area contributed by atoms with Crippen LogP contribution in [0.2, 0.25) is 0 Å². The van der Waals surface area contributed by atoms with Crippen LogP contribution < -0.4 is 10.1 Å². The van der Waals surface area contributed by atoms with Crippen LogP contribution in [0.25, 0.3) is 11.3 Å². The summed E-state index contributed by atoms with van der Waals surface area (Å²) in [7, 11) is 1.63. The molecule has 0 saturated carbocycles. The standard InChI is InChI=1S/C14H21N5O/c1-4-6-15-14-13(20-3)12(16-10-17-14)11-8-18-19(9-11)7-5-2/h8-10H,4-7H2,1-3H3,(H,15,16,17). The lowest BCUT2D eigenvalue weighted by molar-refractivity contribution is 0.414. The molecule has 0 aliphatic heterocycles. The third-order valence-corrected chi connectivity index (χ3v) is 2.91. The Hall–Kier alpha value is -2.11. The molecule has 0 unspecified atom stereocenters. The maximum absolute atomic E-state index is 5.47. The van der Waals surface area contributed by atoms with E-state index >= 15 is 0 Å². The number of ether oxygens (including phenoxy) is 1. The summed E-state index contributed by atoms with van der Waals surface area (Å²) in [6, 6.07) is 0. The summed E-state index contributed by atoms with van der Waals surface area (Å²) >= 11 is 0. The molecule has 0 fully saturated rings. The van der Waals surface area contributed by atoms with Gasteiger partial charge in [-0.25, -0.2) is 9.97 Å². The van der Waals surface area contributed by atoms with E-state index in [9.17, 15) is 0 Å². The van der Waals surface area contributed by atoms with Gasteiger partial charge in [0.1, 0.15) is 12.0 Å². The molecule has 6 nitrogen and oxygen atoms in total. The van der Waals surface area contributed by atoms with E-state index in [0.717, 1.165) is 43.0 Å². The molecular formula is C14H21N5O. The number of nitrogens with one attached hydrogen (secondary N) is 1. The first kappa shape index (κ1) is 14.3. The van der Waals surface area contributed by atoms with E-state index in [1.807, 2.05) is 17.1 Å². The first-order valence-corrected chi connectivity index (χ1v) is 6.95. The zero-order chi connectivity index (χ0) is 14.4. The molecule has 20 heavy (non-hydrogen) atoms. The van der Waals surface area contributed by atoms with Gasteiger partial charge in [-0.15, -0.1) is 0 Å². The Morgan fingerprint density at radius 3 is 2.80 bits per heavy atom. The number of hydrogen-bond donors (Lipinski definition) is 1. The van der Waals surface area contributed by atoms with E-state index in [1.165, 1.54) is 0 Å². The fourth-order valence-electron chi connectivity index (χ4n) is 1.98. The third kappa shape index (κ3) is 3.07. The smallest absolute Gasteiger partial charge is 0.187 e. The topological polar surface area (TPSA) is 64.9 Å². The summed E-state index contributed by atoms with van der Waals surface area (Å²) in [5.74, 6) is 1.39. The summed E-state index contributed by atoms with van der Waals surface area (Å²) in [4.78, 5) is 8.57. The molecule has 0 radical (unpaired) electrons. The molecule has 0 atom stereocenters. The highest BCUT2D eigenvalue weighted by atomic mass is 16.5. The molecule has 2 heterocycles. The fourth-order valence-corrected chi connectivity index (χ4v) is 1.98. The zero-order valence-corrected chi connectivity index (χ0v) is 12.3. The average Bonchev–Trinajstić information content (AvgIpc) is 2.93. The SMILES string of the molecule is CCCNc1ncnc(-c2cnn(CCC)c2)c1OC. The van der Waals surface area contributed by atoms with Crippen molar-refractivity contribution in [2.45, 2.75) is 33.2 Å². The van der Waals surface area contributed by atoms with E-state index in [1.54, 1.807) is 13.4 Å². The molecule has 1 N–H and O–H groups in total. The highest BCUT2D eigenvalue weighted by Gasteiger charge is 2.15. The monoisotopic (exact) mass is 275 g/mol. The lowest BCUT2D eigenvalue weighted by Gasteiger charge is -2.11. The van der Waals surface area contributed by atoms with Gasteiger partial charge in [0.25, 0.3) is 0 Å². The average molecular weight is 275 g/mol. The van der Waals surface area contributed by atoms with Crippen molar-refractivity contribution in [1.29, 1.82) is 0 Å². The van der Waals surface area contributed by atoms with Crippen LogP contribution in [0.5, 0.6) is 5.75 Å². The Kier molecular flexibility index (Phi) is 4.92. The second-order valence-electron chi connectivity index (χ2n) is 4.52. The number of hydrogen-bond acceptors (Lipinski definition) is 5. The molecule has 0 bridgehead atoms. The number of nitrogens with zero attached hydrogens (tertiary/aromatic N) is 4. The first-order valence-electron chi connectivity index (χ1n) is 6.95. The molecule has 2 aromatic heterocycles. The highest BCUT2D eigenvalue weighted by molar-refractivity contribution is 5.71. The second-order valence-corrected chi connectivity index (χ2v) is 4.52. The van der Waals surface area contributed by atoms with Gasteiger partial charge in [-0.1, -0.05) is 13.8 Å². The Morgan fingerprint density at radius 2 is 2.10 bits per heavy atom. The molecule has 0 spiro atoms. The van der Waals surface area contributed by atoms with Crippen molar-refractivity contribution in [2.24, 2.45) is 0 Å². The first-order chi connectivity index (χ1) is 9.80. The minimum absolute atomic E-state index is 0.664. The summed E-state index contributed by atoms with van der Waals surface area (Å²) < 4.78 is 7.39. The van der Waals surface area contributed by atoms with Gasteiger partial charge in [-0.2, -0.15) is 5.10 Å². The van der Waals surface area contributed by atoms with Crippen molar-refractivity contribution in [2.75, 3.05) is 19.0 Å². The number of aryl methyl sites for hydroxylation is 1. The molecular weight excluding hydrogens is 254 g/mol. The predicted octanol–water partition coefficient (Wildman–Crippen LogP) is 2.58. The van der Waals surface area contributed by atoms with Crippen LogP contribution >= 0.6 is 0 Å². The molecule has 6 heteroatoms. The summed E-state index contributed by atoms with van der Waals surface area (Å²) in [6.45, 7) is 5.98. The van der Waals surface area contributed by atoms with Crippen molar-refractivity contribution in [3.8, 4) is 17.0 Å². The van der Waals surface area contributed by atoms with Crippen LogP contribution in [0.15, 0.2) is 18.7 Å². The lowest BCUT2D eigenvalue weighted by atomic mass is 10.2. The summed E-state index contributed by atoms with van der Waals surface area (Å²) in [5.41, 5.74) is 1.71. The molecule has 0 saturated heterocycles. The number of methoxy groups -OCH3 is 1. The maximum atomic E-state index is 5.47. The van der Waals surface area contributed by atoms with E-state index in [0.29, 0.717) is 5.75 Å². The normalized spacial score (nSPS) is 10.6. The lowest BCUT2D eigenvalue weighted by Crippen LogP contribution is -2.05. The molecule has 0 aliphatic carbocycles. The van der Waals surface area contributed by atoms with Gasteiger partial charge < -0.3 is 10.1 Å². The predicted molar refractivity (Wildman–Crippen MR) is 78.9 cm³/mol. The van der Waals surface area contributed by atoms with Gasteiger partial charge in [0, 0.05) is 24.8 Å². The molecule has 2 aromatic rings. The largest absolute Gasteiger partial charge is 0.491 e. The van der Waals surface area contributed by atoms with Gasteiger partial charge in [-0.05, 0) is 12.8 Å².